The summed E-state index contributed by atoms with van der Waals surface area (Å²) in [6.45, 7) is 6.87. The fourth-order valence-corrected chi connectivity index (χ4v) is 2.50. The first-order chi connectivity index (χ1) is 9.06. The molecule has 5 nitrogen and oxygen atoms in total. The standard InChI is InChI=1S/C14H25N3O2/c1-11(2)17-6-7-19-14(10-17)13(18)5-4-12-8-15-16(3)9-12/h8-9,11,13-14,18H,4-7,10H2,1-3H3. The molecular weight excluding hydrogens is 242 g/mol. The van der Waals surface area contributed by atoms with Gasteiger partial charge in [0.1, 0.15) is 0 Å². The van der Waals surface area contributed by atoms with Gasteiger partial charge in [0.15, 0.2) is 0 Å². The van der Waals surface area contributed by atoms with Crippen LogP contribution in [-0.2, 0) is 18.2 Å². The van der Waals surface area contributed by atoms with E-state index in [-0.39, 0.29) is 6.10 Å². The topological polar surface area (TPSA) is 50.5 Å². The molecule has 19 heavy (non-hydrogen) atoms. The maximum Gasteiger partial charge on any atom is 0.0961 e. The van der Waals surface area contributed by atoms with Gasteiger partial charge in [-0.3, -0.25) is 9.58 Å². The van der Waals surface area contributed by atoms with Gasteiger partial charge >= 0.3 is 0 Å². The third-order valence-electron chi connectivity index (χ3n) is 3.77. The summed E-state index contributed by atoms with van der Waals surface area (Å²) in [4.78, 5) is 2.36. The quantitative estimate of drug-likeness (QED) is 0.858. The summed E-state index contributed by atoms with van der Waals surface area (Å²) in [5.41, 5.74) is 1.16. The van der Waals surface area contributed by atoms with Crippen LogP contribution in [0.1, 0.15) is 25.8 Å². The van der Waals surface area contributed by atoms with E-state index in [9.17, 15) is 5.11 Å². The Kier molecular flexibility index (Phi) is 4.96. The van der Waals surface area contributed by atoms with E-state index in [1.165, 1.54) is 0 Å². The second-order valence-corrected chi connectivity index (χ2v) is 5.63. The van der Waals surface area contributed by atoms with Crippen LogP contribution in [0.15, 0.2) is 12.4 Å². The normalized spacial score (nSPS) is 22.9. The molecule has 1 N–H and O–H groups in total. The number of aromatic nitrogens is 2. The van der Waals surface area contributed by atoms with Gasteiger partial charge < -0.3 is 9.84 Å². The van der Waals surface area contributed by atoms with Crippen LogP contribution >= 0.6 is 0 Å². The summed E-state index contributed by atoms with van der Waals surface area (Å²) < 4.78 is 7.49. The third-order valence-corrected chi connectivity index (χ3v) is 3.77. The molecule has 2 unspecified atom stereocenters. The van der Waals surface area contributed by atoms with Gasteiger partial charge in [0.05, 0.1) is 25.0 Å². The third kappa shape index (κ3) is 4.03. The Labute approximate surface area is 115 Å². The molecule has 2 rings (SSSR count). The molecule has 0 radical (unpaired) electrons. The van der Waals surface area contributed by atoms with Crippen molar-refractivity contribution in [2.45, 2.75) is 44.9 Å². The summed E-state index contributed by atoms with van der Waals surface area (Å²) in [7, 11) is 1.91. The molecule has 0 aliphatic carbocycles. The van der Waals surface area contributed by atoms with E-state index in [1.54, 1.807) is 4.68 Å². The van der Waals surface area contributed by atoms with Crippen LogP contribution in [0.5, 0.6) is 0 Å². The summed E-state index contributed by atoms with van der Waals surface area (Å²) >= 11 is 0. The zero-order valence-electron chi connectivity index (χ0n) is 12.1. The predicted molar refractivity (Wildman–Crippen MR) is 74.0 cm³/mol. The highest BCUT2D eigenvalue weighted by Gasteiger charge is 2.27. The van der Waals surface area contributed by atoms with Crippen molar-refractivity contribution in [3.05, 3.63) is 18.0 Å². The Morgan fingerprint density at radius 1 is 1.53 bits per heavy atom. The van der Waals surface area contributed by atoms with Crippen molar-refractivity contribution in [1.29, 1.82) is 0 Å². The second kappa shape index (κ2) is 6.50. The van der Waals surface area contributed by atoms with Crippen molar-refractivity contribution in [1.82, 2.24) is 14.7 Å². The zero-order chi connectivity index (χ0) is 13.8. The van der Waals surface area contributed by atoms with Crippen molar-refractivity contribution in [2.75, 3.05) is 19.7 Å². The smallest absolute Gasteiger partial charge is 0.0961 e. The number of nitrogens with zero attached hydrogens (tertiary/aromatic N) is 3. The Bertz CT molecular complexity index is 392. The van der Waals surface area contributed by atoms with E-state index in [0.717, 1.165) is 31.5 Å². The largest absolute Gasteiger partial charge is 0.390 e. The van der Waals surface area contributed by atoms with Crippen molar-refractivity contribution >= 4 is 0 Å². The number of morpholine rings is 1. The minimum Gasteiger partial charge on any atom is -0.390 e. The van der Waals surface area contributed by atoms with Crippen LogP contribution in [0.25, 0.3) is 0 Å². The number of aliphatic hydroxyl groups excluding tert-OH is 1. The molecule has 108 valence electrons. The lowest BCUT2D eigenvalue weighted by atomic mass is 10.0. The predicted octanol–water partition coefficient (Wildman–Crippen LogP) is 0.823. The molecule has 1 aromatic rings. The molecule has 1 aromatic heterocycles. The molecule has 0 aromatic carbocycles. The van der Waals surface area contributed by atoms with Gasteiger partial charge in [-0.25, -0.2) is 0 Å². The van der Waals surface area contributed by atoms with Gasteiger partial charge in [0.2, 0.25) is 0 Å². The summed E-state index contributed by atoms with van der Waals surface area (Å²) in [6.07, 6.45) is 4.96. The highest BCUT2D eigenvalue weighted by molar-refractivity contribution is 5.04. The molecule has 0 spiro atoms. The summed E-state index contributed by atoms with van der Waals surface area (Å²) in [5, 5.41) is 14.4. The molecule has 1 fully saturated rings. The van der Waals surface area contributed by atoms with E-state index in [0.29, 0.717) is 12.6 Å². The zero-order valence-corrected chi connectivity index (χ0v) is 12.1. The van der Waals surface area contributed by atoms with Gasteiger partial charge in [-0.2, -0.15) is 5.10 Å². The van der Waals surface area contributed by atoms with Crippen LogP contribution < -0.4 is 0 Å². The molecular formula is C14H25N3O2. The van der Waals surface area contributed by atoms with Gasteiger partial charge in [-0.15, -0.1) is 0 Å². The first-order valence-corrected chi connectivity index (χ1v) is 7.07. The van der Waals surface area contributed by atoms with Crippen molar-refractivity contribution in [2.24, 2.45) is 7.05 Å². The lowest BCUT2D eigenvalue weighted by Gasteiger charge is -2.37. The molecule has 5 heteroatoms. The molecule has 1 aliphatic heterocycles. The fraction of sp³-hybridized carbons (Fsp3) is 0.786. The van der Waals surface area contributed by atoms with Gasteiger partial charge in [0, 0.05) is 32.4 Å². The molecule has 2 atom stereocenters. The Morgan fingerprint density at radius 3 is 2.95 bits per heavy atom. The maximum atomic E-state index is 10.3. The summed E-state index contributed by atoms with van der Waals surface area (Å²) in [6, 6.07) is 0.511. The average molecular weight is 267 g/mol. The molecule has 0 bridgehead atoms. The number of ether oxygens (including phenoxy) is 1. The first kappa shape index (κ1) is 14.5. The van der Waals surface area contributed by atoms with Gasteiger partial charge in [-0.1, -0.05) is 0 Å². The first-order valence-electron chi connectivity index (χ1n) is 7.07. The molecule has 1 saturated heterocycles. The average Bonchev–Trinajstić information content (AvgIpc) is 2.82. The Balaban J connectivity index is 1.80. The highest BCUT2D eigenvalue weighted by Crippen LogP contribution is 2.15. The number of rotatable bonds is 5. The second-order valence-electron chi connectivity index (χ2n) is 5.63. The lowest BCUT2D eigenvalue weighted by molar-refractivity contribution is -0.0962. The van der Waals surface area contributed by atoms with Gasteiger partial charge in [-0.05, 0) is 32.3 Å². The van der Waals surface area contributed by atoms with E-state index < -0.39 is 6.10 Å². The van der Waals surface area contributed by atoms with Crippen molar-refractivity contribution in [3.63, 3.8) is 0 Å². The molecule has 0 amide bonds. The van der Waals surface area contributed by atoms with Crippen LogP contribution in [-0.4, -0.2) is 57.7 Å². The fourth-order valence-electron chi connectivity index (χ4n) is 2.50. The monoisotopic (exact) mass is 267 g/mol. The van der Waals surface area contributed by atoms with Crippen molar-refractivity contribution < 1.29 is 9.84 Å². The molecule has 2 heterocycles. The number of aliphatic hydroxyl groups is 1. The molecule has 0 saturated carbocycles. The lowest BCUT2D eigenvalue weighted by Crippen LogP contribution is -2.50. The Morgan fingerprint density at radius 2 is 2.32 bits per heavy atom. The van der Waals surface area contributed by atoms with Crippen LogP contribution in [0.4, 0.5) is 0 Å². The summed E-state index contributed by atoms with van der Waals surface area (Å²) in [5.74, 6) is 0. The van der Waals surface area contributed by atoms with Crippen molar-refractivity contribution in [3.8, 4) is 0 Å². The molecule has 1 aliphatic rings. The van der Waals surface area contributed by atoms with Gasteiger partial charge in [0.25, 0.3) is 0 Å². The van der Waals surface area contributed by atoms with E-state index in [4.69, 9.17) is 4.74 Å². The number of hydrogen-bond acceptors (Lipinski definition) is 4. The van der Waals surface area contributed by atoms with Crippen LogP contribution in [0.2, 0.25) is 0 Å². The van der Waals surface area contributed by atoms with Crippen LogP contribution in [0, 0.1) is 0 Å². The number of aryl methyl sites for hydroxylation is 2. The van der Waals surface area contributed by atoms with E-state index in [2.05, 4.69) is 23.8 Å². The number of hydrogen-bond donors (Lipinski definition) is 1. The van der Waals surface area contributed by atoms with E-state index >= 15 is 0 Å². The Hall–Kier alpha value is -0.910. The maximum absolute atomic E-state index is 10.3. The highest BCUT2D eigenvalue weighted by atomic mass is 16.5. The SMILES string of the molecule is CC(C)N1CCOC(C(O)CCc2cnn(C)c2)C1. The minimum atomic E-state index is -0.401. The van der Waals surface area contributed by atoms with E-state index in [1.807, 2.05) is 19.4 Å². The van der Waals surface area contributed by atoms with Crippen LogP contribution in [0.3, 0.4) is 0 Å². The minimum absolute atomic E-state index is 0.0622.